The summed E-state index contributed by atoms with van der Waals surface area (Å²) in [5, 5.41) is 3.31. The maximum Gasteiger partial charge on any atom is 0.0661 e. The second kappa shape index (κ2) is 9.92. The van der Waals surface area contributed by atoms with Crippen LogP contribution in [0.5, 0.6) is 0 Å². The number of hydrogen-bond donors (Lipinski definition) is 1. The SMILES string of the molecule is CNC(COCCCOC)c1ccc(CC(C)C)cc1. The lowest BCUT2D eigenvalue weighted by Gasteiger charge is -2.17. The minimum absolute atomic E-state index is 0.255. The third-order valence-corrected chi connectivity index (χ3v) is 3.30. The van der Waals surface area contributed by atoms with Crippen LogP contribution in [0.15, 0.2) is 24.3 Å². The molecule has 0 saturated carbocycles. The molecule has 1 aromatic rings. The van der Waals surface area contributed by atoms with Crippen LogP contribution in [-0.2, 0) is 15.9 Å². The highest BCUT2D eigenvalue weighted by Crippen LogP contribution is 2.16. The Labute approximate surface area is 123 Å². The van der Waals surface area contributed by atoms with Crippen LogP contribution in [-0.4, -0.2) is 34.0 Å². The fraction of sp³-hybridized carbons (Fsp3) is 0.647. The van der Waals surface area contributed by atoms with Crippen molar-refractivity contribution < 1.29 is 9.47 Å². The maximum atomic E-state index is 5.70. The van der Waals surface area contributed by atoms with Gasteiger partial charge in [-0.15, -0.1) is 0 Å². The van der Waals surface area contributed by atoms with Gasteiger partial charge in [-0.3, -0.25) is 0 Å². The lowest BCUT2D eigenvalue weighted by molar-refractivity contribution is 0.0889. The maximum absolute atomic E-state index is 5.70. The van der Waals surface area contributed by atoms with Crippen LogP contribution in [0.1, 0.15) is 37.4 Å². The highest BCUT2D eigenvalue weighted by atomic mass is 16.5. The van der Waals surface area contributed by atoms with Crippen molar-refractivity contribution in [2.45, 2.75) is 32.7 Å². The molecule has 1 rings (SSSR count). The van der Waals surface area contributed by atoms with E-state index in [1.807, 2.05) is 7.05 Å². The monoisotopic (exact) mass is 279 g/mol. The van der Waals surface area contributed by atoms with Gasteiger partial charge in [0.05, 0.1) is 12.6 Å². The fourth-order valence-corrected chi connectivity index (χ4v) is 2.21. The first-order valence-corrected chi connectivity index (χ1v) is 7.50. The van der Waals surface area contributed by atoms with Crippen LogP contribution >= 0.6 is 0 Å². The lowest BCUT2D eigenvalue weighted by atomic mass is 10.00. The number of nitrogens with one attached hydrogen (secondary N) is 1. The Hall–Kier alpha value is -0.900. The zero-order valence-corrected chi connectivity index (χ0v) is 13.3. The van der Waals surface area contributed by atoms with Crippen molar-refractivity contribution in [1.29, 1.82) is 0 Å². The summed E-state index contributed by atoms with van der Waals surface area (Å²) in [6.07, 6.45) is 2.08. The highest BCUT2D eigenvalue weighted by Gasteiger charge is 2.09. The average Bonchev–Trinajstić information content (AvgIpc) is 2.43. The highest BCUT2D eigenvalue weighted by molar-refractivity contribution is 5.25. The molecule has 1 N–H and O–H groups in total. The smallest absolute Gasteiger partial charge is 0.0661 e. The molecule has 0 aliphatic heterocycles. The molecule has 20 heavy (non-hydrogen) atoms. The number of likely N-dealkylation sites (N-methyl/N-ethyl adjacent to an activating group) is 1. The third kappa shape index (κ3) is 6.51. The van der Waals surface area contributed by atoms with Crippen LogP contribution in [0.25, 0.3) is 0 Å². The van der Waals surface area contributed by atoms with Gasteiger partial charge >= 0.3 is 0 Å². The molecule has 114 valence electrons. The van der Waals surface area contributed by atoms with Crippen LogP contribution in [0.2, 0.25) is 0 Å². The molecule has 0 aromatic heterocycles. The quantitative estimate of drug-likeness (QED) is 0.667. The van der Waals surface area contributed by atoms with Gasteiger partial charge in [-0.05, 0) is 36.9 Å². The Morgan fingerprint density at radius 3 is 2.35 bits per heavy atom. The van der Waals surface area contributed by atoms with E-state index >= 15 is 0 Å². The van der Waals surface area contributed by atoms with Gasteiger partial charge in [0.1, 0.15) is 0 Å². The van der Waals surface area contributed by atoms with Crippen molar-refractivity contribution in [1.82, 2.24) is 5.32 Å². The van der Waals surface area contributed by atoms with Gasteiger partial charge in [-0.1, -0.05) is 38.1 Å². The van der Waals surface area contributed by atoms with Crippen molar-refractivity contribution in [3.8, 4) is 0 Å². The molecule has 0 radical (unpaired) electrons. The average molecular weight is 279 g/mol. The number of methoxy groups -OCH3 is 1. The van der Waals surface area contributed by atoms with E-state index in [2.05, 4.69) is 43.4 Å². The summed E-state index contributed by atoms with van der Waals surface area (Å²) in [5.74, 6) is 0.699. The lowest BCUT2D eigenvalue weighted by Crippen LogP contribution is -2.22. The molecule has 3 nitrogen and oxygen atoms in total. The molecule has 3 heteroatoms. The molecule has 0 fully saturated rings. The standard InChI is InChI=1S/C17H29NO2/c1-14(2)12-15-6-8-16(9-7-15)17(18-3)13-20-11-5-10-19-4/h6-9,14,17-18H,5,10-13H2,1-4H3. The van der Waals surface area contributed by atoms with Crippen LogP contribution in [0.3, 0.4) is 0 Å². The topological polar surface area (TPSA) is 30.5 Å². The molecule has 0 aliphatic rings. The summed E-state index contributed by atoms with van der Waals surface area (Å²) in [5.41, 5.74) is 2.69. The van der Waals surface area contributed by atoms with Gasteiger partial charge < -0.3 is 14.8 Å². The summed E-state index contributed by atoms with van der Waals surface area (Å²) >= 11 is 0. The molecule has 1 aromatic carbocycles. The van der Waals surface area contributed by atoms with E-state index in [0.29, 0.717) is 12.5 Å². The Morgan fingerprint density at radius 1 is 1.10 bits per heavy atom. The minimum atomic E-state index is 0.255. The predicted molar refractivity (Wildman–Crippen MR) is 84.1 cm³/mol. The molecule has 0 saturated heterocycles. The summed E-state index contributed by atoms with van der Waals surface area (Å²) in [6, 6.07) is 9.12. The summed E-state index contributed by atoms with van der Waals surface area (Å²) in [7, 11) is 3.69. The Kier molecular flexibility index (Phi) is 8.51. The zero-order chi connectivity index (χ0) is 14.8. The van der Waals surface area contributed by atoms with E-state index in [1.165, 1.54) is 11.1 Å². The molecular weight excluding hydrogens is 250 g/mol. The summed E-state index contributed by atoms with van der Waals surface area (Å²) in [6.45, 7) is 6.70. The van der Waals surface area contributed by atoms with Crippen molar-refractivity contribution in [3.05, 3.63) is 35.4 Å². The number of benzene rings is 1. The molecule has 1 atom stereocenters. The molecule has 0 spiro atoms. The van der Waals surface area contributed by atoms with Gasteiger partial charge in [0, 0.05) is 20.3 Å². The minimum Gasteiger partial charge on any atom is -0.385 e. The van der Waals surface area contributed by atoms with Gasteiger partial charge in [0.15, 0.2) is 0 Å². The van der Waals surface area contributed by atoms with Crippen molar-refractivity contribution in [2.75, 3.05) is 34.0 Å². The Bertz CT molecular complexity index is 349. The van der Waals surface area contributed by atoms with Crippen molar-refractivity contribution in [3.63, 3.8) is 0 Å². The zero-order valence-electron chi connectivity index (χ0n) is 13.3. The van der Waals surface area contributed by atoms with E-state index in [-0.39, 0.29) is 6.04 Å². The van der Waals surface area contributed by atoms with E-state index in [9.17, 15) is 0 Å². The largest absolute Gasteiger partial charge is 0.385 e. The van der Waals surface area contributed by atoms with E-state index in [1.54, 1.807) is 7.11 Å². The van der Waals surface area contributed by atoms with E-state index in [0.717, 1.165) is 26.1 Å². The van der Waals surface area contributed by atoms with Crippen molar-refractivity contribution in [2.24, 2.45) is 5.92 Å². The first kappa shape index (κ1) is 17.2. The first-order valence-electron chi connectivity index (χ1n) is 7.50. The molecule has 0 bridgehead atoms. The second-order valence-corrected chi connectivity index (χ2v) is 5.60. The number of ether oxygens (including phenoxy) is 2. The Balaban J connectivity index is 2.44. The molecule has 0 aliphatic carbocycles. The van der Waals surface area contributed by atoms with Crippen LogP contribution in [0.4, 0.5) is 0 Å². The van der Waals surface area contributed by atoms with Gasteiger partial charge in [-0.25, -0.2) is 0 Å². The predicted octanol–water partition coefficient (Wildman–Crippen LogP) is 3.20. The van der Waals surface area contributed by atoms with Crippen LogP contribution in [0, 0.1) is 5.92 Å². The van der Waals surface area contributed by atoms with Gasteiger partial charge in [-0.2, -0.15) is 0 Å². The normalized spacial score (nSPS) is 12.8. The third-order valence-electron chi connectivity index (χ3n) is 3.30. The second-order valence-electron chi connectivity index (χ2n) is 5.60. The van der Waals surface area contributed by atoms with Crippen LogP contribution < -0.4 is 5.32 Å². The van der Waals surface area contributed by atoms with E-state index < -0.39 is 0 Å². The fourth-order valence-electron chi connectivity index (χ4n) is 2.21. The van der Waals surface area contributed by atoms with Crippen molar-refractivity contribution >= 4 is 0 Å². The van der Waals surface area contributed by atoms with Gasteiger partial charge in [0.2, 0.25) is 0 Å². The molecular formula is C17H29NO2. The number of hydrogen-bond acceptors (Lipinski definition) is 3. The molecule has 1 unspecified atom stereocenters. The molecule has 0 heterocycles. The first-order chi connectivity index (χ1) is 9.67. The summed E-state index contributed by atoms with van der Waals surface area (Å²) in [4.78, 5) is 0. The van der Waals surface area contributed by atoms with E-state index in [4.69, 9.17) is 9.47 Å². The summed E-state index contributed by atoms with van der Waals surface area (Å²) < 4.78 is 10.7. The van der Waals surface area contributed by atoms with Gasteiger partial charge in [0.25, 0.3) is 0 Å². The Morgan fingerprint density at radius 2 is 1.80 bits per heavy atom. The molecule has 0 amide bonds. The number of rotatable bonds is 10.